The maximum absolute atomic E-state index is 8.00. The number of benzene rings is 3. The molecule has 0 nitrogen and oxygen atoms in total. The van der Waals surface area contributed by atoms with E-state index >= 15 is 0 Å². The highest BCUT2D eigenvalue weighted by Gasteiger charge is 2.15. The fraction of sp³-hybridized carbons (Fsp3) is 0.357. The summed E-state index contributed by atoms with van der Waals surface area (Å²) in [5, 5.41) is 0. The molecule has 168 valence electrons. The molecule has 0 unspecified atom stereocenters. The molecule has 0 atom stereocenters. The number of hydrogen-bond acceptors (Lipinski definition) is 0. The molecule has 0 spiro atoms. The Hall–Kier alpha value is -2.55. The van der Waals surface area contributed by atoms with Gasteiger partial charge in [0.25, 0.3) is 0 Å². The third-order valence-corrected chi connectivity index (χ3v) is 5.65. The highest BCUT2D eigenvalue weighted by atomic mass is 20.0. The van der Waals surface area contributed by atoms with Crippen LogP contribution in [0, 0.1) is 27.7 Å². The van der Waals surface area contributed by atoms with Crippen molar-refractivity contribution in [3.63, 3.8) is 0 Å². The van der Waals surface area contributed by atoms with Gasteiger partial charge in [0.05, 0.1) is 0 Å². The van der Waals surface area contributed by atoms with E-state index in [1.165, 1.54) is 65.5 Å². The second-order valence-corrected chi connectivity index (χ2v) is 8.50. The number of aryl methyl sites for hydroxylation is 4. The molecule has 0 aliphatic heterocycles. The van der Waals surface area contributed by atoms with Gasteiger partial charge in [-0.1, -0.05) is 108 Å². The molecule has 4 rings (SSSR count). The van der Waals surface area contributed by atoms with Crippen molar-refractivity contribution in [2.45, 2.75) is 65.7 Å². The molecule has 0 N–H and O–H groups in total. The topological polar surface area (TPSA) is 0 Å². The van der Waals surface area contributed by atoms with Gasteiger partial charge < -0.3 is 0 Å². The number of hydrogen-bond donors (Lipinski definition) is 0. The molecule has 3 heteroatoms. The summed E-state index contributed by atoms with van der Waals surface area (Å²) in [7, 11) is 0. The highest BCUT2D eigenvalue weighted by molar-refractivity contribution is 5.64. The van der Waals surface area contributed by atoms with Crippen LogP contribution in [0.1, 0.15) is 65.8 Å². The maximum Gasteiger partial charge on any atom is 0 e. The van der Waals surface area contributed by atoms with Gasteiger partial charge in [-0.25, -0.2) is 0 Å². The summed E-state index contributed by atoms with van der Waals surface area (Å²) >= 11 is 0. The summed E-state index contributed by atoms with van der Waals surface area (Å²) < 4.78 is 16.0. The molecule has 3 aromatic carbocycles. The first-order chi connectivity index (χ1) is 14.5. The van der Waals surface area contributed by atoms with Gasteiger partial charge in [0.1, 0.15) is 0 Å². The fourth-order valence-corrected chi connectivity index (χ4v) is 4.45. The zero-order valence-electron chi connectivity index (χ0n) is 19.1. The maximum atomic E-state index is 8.00. The van der Waals surface area contributed by atoms with Crippen molar-refractivity contribution in [2.75, 3.05) is 0 Å². The second-order valence-electron chi connectivity index (χ2n) is 8.50. The van der Waals surface area contributed by atoms with Crippen LogP contribution < -0.4 is 0 Å². The van der Waals surface area contributed by atoms with Gasteiger partial charge in [-0.05, 0) is 63.1 Å². The summed E-state index contributed by atoms with van der Waals surface area (Å²) in [6, 6.07) is 24.2. The van der Waals surface area contributed by atoms with Gasteiger partial charge in [0.2, 0.25) is 0 Å². The third-order valence-electron chi connectivity index (χ3n) is 5.65. The van der Waals surface area contributed by atoms with Crippen molar-refractivity contribution in [3.8, 4) is 11.1 Å². The first-order valence-corrected chi connectivity index (χ1v) is 10.9. The molecule has 1 aliphatic carbocycles. The van der Waals surface area contributed by atoms with Crippen LogP contribution in [0.2, 0.25) is 0 Å². The van der Waals surface area contributed by atoms with Crippen molar-refractivity contribution in [1.82, 2.24) is 0 Å². The monoisotopic (exact) mass is 428 g/mol. The molecule has 0 amide bonds. The molecule has 0 radical (unpaired) electrons. The van der Waals surface area contributed by atoms with E-state index in [1.54, 1.807) is 5.56 Å². The molecule has 1 aliphatic rings. The second kappa shape index (κ2) is 13.7. The van der Waals surface area contributed by atoms with E-state index in [-0.39, 0.29) is 4.70 Å². The van der Waals surface area contributed by atoms with Gasteiger partial charge in [0, 0.05) is 9.15 Å². The molecule has 1 saturated carbocycles. The first-order valence-electron chi connectivity index (χ1n) is 10.9. The Balaban J connectivity index is 0.000000279. The Labute approximate surface area is 185 Å². The first kappa shape index (κ1) is 26.5. The van der Waals surface area contributed by atoms with Crippen LogP contribution in [0.25, 0.3) is 11.1 Å². The van der Waals surface area contributed by atoms with Crippen molar-refractivity contribution < 1.29 is 13.9 Å². The van der Waals surface area contributed by atoms with Crippen LogP contribution in [0.15, 0.2) is 66.7 Å². The highest BCUT2D eigenvalue weighted by Crippen LogP contribution is 2.33. The summed E-state index contributed by atoms with van der Waals surface area (Å²) in [4.78, 5) is 0. The van der Waals surface area contributed by atoms with Crippen molar-refractivity contribution in [3.05, 3.63) is 94.5 Å². The van der Waals surface area contributed by atoms with Gasteiger partial charge >= 0.3 is 0 Å². The lowest BCUT2D eigenvalue weighted by molar-refractivity contribution is 0.108. The van der Waals surface area contributed by atoms with Gasteiger partial charge in [0.15, 0.2) is 0 Å². The summed E-state index contributed by atoms with van der Waals surface area (Å²) in [6.45, 7) is 8.69. The minimum Gasteiger partial charge on any atom is -0.269 e. The normalized spacial score (nSPS) is 13.1. The van der Waals surface area contributed by atoms with Crippen LogP contribution in [0.4, 0.5) is 13.9 Å². The standard InChI is InChI=1S/C14H20.C14H14.F2.FH/c2*1-11-8-12(2)10-14(9-11)13-6-4-3-5-7-13;1-2;/h8-10,13H,3-7H2,1-2H3;3-10H,1-2H3;;1H. The largest absolute Gasteiger partial charge is 0.269 e. The number of rotatable bonds is 2. The average Bonchev–Trinajstić information content (AvgIpc) is 2.76. The lowest BCUT2D eigenvalue weighted by atomic mass is 9.83. The van der Waals surface area contributed by atoms with E-state index < -0.39 is 0 Å². The van der Waals surface area contributed by atoms with Crippen molar-refractivity contribution in [1.29, 1.82) is 0 Å². The minimum atomic E-state index is 0. The van der Waals surface area contributed by atoms with E-state index in [0.717, 1.165) is 5.92 Å². The zero-order valence-corrected chi connectivity index (χ0v) is 19.1. The van der Waals surface area contributed by atoms with E-state index in [4.69, 9.17) is 9.15 Å². The summed E-state index contributed by atoms with van der Waals surface area (Å²) in [5.74, 6) is 0.849. The molecule has 1 fully saturated rings. The molecule has 3 aromatic rings. The molecular weight excluding hydrogens is 393 g/mol. The van der Waals surface area contributed by atoms with Crippen LogP contribution in [-0.2, 0) is 0 Å². The van der Waals surface area contributed by atoms with Crippen molar-refractivity contribution in [2.24, 2.45) is 0 Å². The predicted molar refractivity (Wildman–Crippen MR) is 128 cm³/mol. The van der Waals surface area contributed by atoms with E-state index in [1.807, 2.05) is 6.07 Å². The van der Waals surface area contributed by atoms with Crippen molar-refractivity contribution >= 4 is 0 Å². The van der Waals surface area contributed by atoms with E-state index in [9.17, 15) is 0 Å². The Morgan fingerprint density at radius 2 is 1.03 bits per heavy atom. The molecule has 0 aromatic heterocycles. The van der Waals surface area contributed by atoms with Crippen LogP contribution in [-0.4, -0.2) is 0 Å². The van der Waals surface area contributed by atoms with Crippen LogP contribution >= 0.6 is 0 Å². The molecular formula is C28H35F3. The van der Waals surface area contributed by atoms with E-state index in [0.29, 0.717) is 0 Å². The average molecular weight is 429 g/mol. The van der Waals surface area contributed by atoms with E-state index in [2.05, 4.69) is 88.4 Å². The summed E-state index contributed by atoms with van der Waals surface area (Å²) in [5.41, 5.74) is 9.67. The number of halogens is 3. The SMILES string of the molecule is Cc1cc(C)cc(-c2ccccc2)c1.Cc1cc(C)cc(C2CCCCC2)c1.F.FF. The molecule has 31 heavy (non-hydrogen) atoms. The zero-order chi connectivity index (χ0) is 21.9. The lowest BCUT2D eigenvalue weighted by Gasteiger charge is -2.22. The predicted octanol–water partition coefficient (Wildman–Crippen LogP) is 9.31. The quantitative estimate of drug-likeness (QED) is 0.381. The minimum absolute atomic E-state index is 0. The van der Waals surface area contributed by atoms with Gasteiger partial charge in [-0.3, -0.25) is 4.70 Å². The Morgan fingerprint density at radius 1 is 0.581 bits per heavy atom. The summed E-state index contributed by atoms with van der Waals surface area (Å²) in [6.07, 6.45) is 7.11. The van der Waals surface area contributed by atoms with Crippen LogP contribution in [0.3, 0.4) is 0 Å². The van der Waals surface area contributed by atoms with Gasteiger partial charge in [-0.2, -0.15) is 0 Å². The molecule has 0 bridgehead atoms. The Morgan fingerprint density at radius 3 is 1.52 bits per heavy atom. The molecule has 0 heterocycles. The Bertz CT molecular complexity index is 857. The lowest BCUT2D eigenvalue weighted by Crippen LogP contribution is -2.04. The Kier molecular flexibility index (Phi) is 11.7. The smallest absolute Gasteiger partial charge is 0 e. The fourth-order valence-electron chi connectivity index (χ4n) is 4.45. The van der Waals surface area contributed by atoms with Gasteiger partial charge in [-0.15, -0.1) is 0 Å². The van der Waals surface area contributed by atoms with Crippen LogP contribution in [0.5, 0.6) is 0 Å². The molecule has 0 saturated heterocycles. The third kappa shape index (κ3) is 8.61.